The molecule has 0 spiro atoms. The van der Waals surface area contributed by atoms with Crippen LogP contribution < -0.4 is 4.90 Å². The summed E-state index contributed by atoms with van der Waals surface area (Å²) in [5.41, 5.74) is 2.04. The van der Waals surface area contributed by atoms with E-state index < -0.39 is 0 Å². The zero-order valence-corrected chi connectivity index (χ0v) is 16.7. The summed E-state index contributed by atoms with van der Waals surface area (Å²) in [5, 5.41) is 7.11. The van der Waals surface area contributed by atoms with Gasteiger partial charge in [0.25, 0.3) is 0 Å². The quantitative estimate of drug-likeness (QED) is 0.718. The first-order valence-corrected chi connectivity index (χ1v) is 9.34. The van der Waals surface area contributed by atoms with E-state index in [9.17, 15) is 9.59 Å². The molecule has 2 aromatic rings. The minimum Gasteiger partial charge on any atom is -0.314 e. The SMILES string of the molecule is CN(C(=O)CN1N=C(c2ccc(Cl)cc2Cl)CCC1=O)c1ccc(Cl)cc1. The summed E-state index contributed by atoms with van der Waals surface area (Å²) in [5.74, 6) is -0.473. The average Bonchev–Trinajstić information content (AvgIpc) is 2.64. The van der Waals surface area contributed by atoms with Gasteiger partial charge in [0, 0.05) is 41.2 Å². The van der Waals surface area contributed by atoms with Gasteiger partial charge in [0.15, 0.2) is 0 Å². The number of carbonyl (C=O) groups is 2. The maximum Gasteiger partial charge on any atom is 0.248 e. The van der Waals surface area contributed by atoms with Gasteiger partial charge in [-0.05, 0) is 36.4 Å². The summed E-state index contributed by atoms with van der Waals surface area (Å²) in [6, 6.07) is 12.0. The summed E-state index contributed by atoms with van der Waals surface area (Å²) in [4.78, 5) is 26.3. The van der Waals surface area contributed by atoms with Gasteiger partial charge in [0.05, 0.1) is 10.7 Å². The van der Waals surface area contributed by atoms with Gasteiger partial charge in [0.1, 0.15) is 6.54 Å². The van der Waals surface area contributed by atoms with E-state index in [1.54, 1.807) is 49.5 Å². The molecule has 0 atom stereocenters. The van der Waals surface area contributed by atoms with Crippen LogP contribution in [0.1, 0.15) is 18.4 Å². The molecule has 0 saturated heterocycles. The predicted molar refractivity (Wildman–Crippen MR) is 109 cm³/mol. The highest BCUT2D eigenvalue weighted by Gasteiger charge is 2.25. The van der Waals surface area contributed by atoms with Gasteiger partial charge >= 0.3 is 0 Å². The third-order valence-electron chi connectivity index (χ3n) is 4.22. The molecule has 2 amide bonds. The second-order valence-electron chi connectivity index (χ2n) is 6.05. The molecule has 2 aromatic carbocycles. The molecule has 0 radical (unpaired) electrons. The molecule has 0 aromatic heterocycles. The Hall–Kier alpha value is -2.08. The average molecular weight is 425 g/mol. The Bertz CT molecular complexity index is 913. The Labute approximate surface area is 172 Å². The maximum atomic E-state index is 12.6. The van der Waals surface area contributed by atoms with Crippen molar-refractivity contribution < 1.29 is 9.59 Å². The Balaban J connectivity index is 1.79. The number of carbonyl (C=O) groups excluding carboxylic acids is 2. The van der Waals surface area contributed by atoms with Crippen LogP contribution in [-0.2, 0) is 9.59 Å². The zero-order valence-electron chi connectivity index (χ0n) is 14.5. The van der Waals surface area contributed by atoms with E-state index in [1.807, 2.05) is 0 Å². The van der Waals surface area contributed by atoms with Crippen LogP contribution in [0.2, 0.25) is 15.1 Å². The fraction of sp³-hybridized carbons (Fsp3) is 0.211. The molecule has 1 aliphatic rings. The van der Waals surface area contributed by atoms with Crippen LogP contribution in [0.25, 0.3) is 0 Å². The van der Waals surface area contributed by atoms with Gasteiger partial charge < -0.3 is 4.90 Å². The van der Waals surface area contributed by atoms with E-state index in [0.717, 1.165) is 0 Å². The highest BCUT2D eigenvalue weighted by atomic mass is 35.5. The summed E-state index contributed by atoms with van der Waals surface area (Å²) in [6.45, 7) is -0.160. The van der Waals surface area contributed by atoms with Crippen molar-refractivity contribution >= 4 is 58.0 Å². The van der Waals surface area contributed by atoms with Crippen LogP contribution in [0.15, 0.2) is 47.6 Å². The molecular formula is C19H16Cl3N3O2. The largest absolute Gasteiger partial charge is 0.314 e. The van der Waals surface area contributed by atoms with E-state index in [-0.39, 0.29) is 24.8 Å². The normalized spacial score (nSPS) is 14.1. The van der Waals surface area contributed by atoms with Crippen LogP contribution in [0.5, 0.6) is 0 Å². The number of nitrogens with zero attached hydrogens (tertiary/aromatic N) is 3. The van der Waals surface area contributed by atoms with Crippen LogP contribution in [-0.4, -0.2) is 36.1 Å². The third-order valence-corrected chi connectivity index (χ3v) is 5.02. The van der Waals surface area contributed by atoms with Gasteiger partial charge in [0.2, 0.25) is 11.8 Å². The molecule has 5 nitrogen and oxygen atoms in total. The van der Waals surface area contributed by atoms with Crippen molar-refractivity contribution in [2.45, 2.75) is 12.8 Å². The predicted octanol–water partition coefficient (Wildman–Crippen LogP) is 4.64. The second-order valence-corrected chi connectivity index (χ2v) is 7.33. The number of halogens is 3. The number of hydrazone groups is 1. The van der Waals surface area contributed by atoms with Gasteiger partial charge in [-0.25, -0.2) is 5.01 Å². The molecule has 0 N–H and O–H groups in total. The van der Waals surface area contributed by atoms with E-state index >= 15 is 0 Å². The van der Waals surface area contributed by atoms with Crippen molar-refractivity contribution in [3.05, 3.63) is 63.1 Å². The summed E-state index contributed by atoms with van der Waals surface area (Å²) < 4.78 is 0. The lowest BCUT2D eigenvalue weighted by Crippen LogP contribution is -2.41. The number of hydrogen-bond acceptors (Lipinski definition) is 3. The molecule has 1 heterocycles. The molecule has 0 saturated carbocycles. The lowest BCUT2D eigenvalue weighted by atomic mass is 10.0. The molecule has 140 valence electrons. The standard InChI is InChI=1S/C19H16Cl3N3O2/c1-24(14-5-2-12(20)3-6-14)19(27)11-25-18(26)9-8-17(23-25)15-7-4-13(21)10-16(15)22/h2-7,10H,8-9,11H2,1H3. The Kier molecular flexibility index (Phi) is 6.05. The Morgan fingerprint density at radius 2 is 1.74 bits per heavy atom. The summed E-state index contributed by atoms with van der Waals surface area (Å²) in [7, 11) is 1.64. The first-order valence-electron chi connectivity index (χ1n) is 8.20. The fourth-order valence-electron chi connectivity index (χ4n) is 2.68. The molecule has 1 aliphatic heterocycles. The van der Waals surface area contributed by atoms with Crippen LogP contribution in [0.4, 0.5) is 5.69 Å². The molecule has 27 heavy (non-hydrogen) atoms. The second kappa shape index (κ2) is 8.30. The number of hydrogen-bond donors (Lipinski definition) is 0. The first-order chi connectivity index (χ1) is 12.8. The van der Waals surface area contributed by atoms with Crippen molar-refractivity contribution in [3.63, 3.8) is 0 Å². The number of rotatable bonds is 4. The third kappa shape index (κ3) is 4.61. The highest BCUT2D eigenvalue weighted by molar-refractivity contribution is 6.37. The van der Waals surface area contributed by atoms with Crippen molar-refractivity contribution in [1.29, 1.82) is 0 Å². The van der Waals surface area contributed by atoms with Crippen LogP contribution in [0.3, 0.4) is 0 Å². The van der Waals surface area contributed by atoms with Gasteiger partial charge in [-0.1, -0.05) is 40.9 Å². The first kappa shape index (κ1) is 19.7. The monoisotopic (exact) mass is 423 g/mol. The van der Waals surface area contributed by atoms with E-state index in [1.165, 1.54) is 9.91 Å². The van der Waals surface area contributed by atoms with Crippen molar-refractivity contribution in [2.75, 3.05) is 18.5 Å². The van der Waals surface area contributed by atoms with Crippen molar-refractivity contribution in [2.24, 2.45) is 5.10 Å². The van der Waals surface area contributed by atoms with Crippen LogP contribution >= 0.6 is 34.8 Å². The van der Waals surface area contributed by atoms with Gasteiger partial charge in [-0.3, -0.25) is 9.59 Å². The molecule has 3 rings (SSSR count). The van der Waals surface area contributed by atoms with E-state index in [0.29, 0.717) is 38.5 Å². The zero-order chi connectivity index (χ0) is 19.6. The minimum atomic E-state index is -0.266. The summed E-state index contributed by atoms with van der Waals surface area (Å²) in [6.07, 6.45) is 0.716. The van der Waals surface area contributed by atoms with Crippen molar-refractivity contribution in [3.8, 4) is 0 Å². The number of anilines is 1. The number of likely N-dealkylation sites (N-methyl/N-ethyl adjacent to an activating group) is 1. The molecule has 0 fully saturated rings. The molecule has 0 aliphatic carbocycles. The minimum absolute atomic E-state index is 0.160. The smallest absolute Gasteiger partial charge is 0.248 e. The maximum absolute atomic E-state index is 12.6. The molecule has 0 unspecified atom stereocenters. The topological polar surface area (TPSA) is 53.0 Å². The lowest BCUT2D eigenvalue weighted by Gasteiger charge is -2.26. The van der Waals surface area contributed by atoms with Gasteiger partial charge in [-0.2, -0.15) is 5.10 Å². The fourth-order valence-corrected chi connectivity index (χ4v) is 3.33. The molecule has 8 heteroatoms. The molecule has 0 bridgehead atoms. The van der Waals surface area contributed by atoms with Crippen LogP contribution in [0, 0.1) is 0 Å². The number of amides is 2. The highest BCUT2D eigenvalue weighted by Crippen LogP contribution is 2.25. The Morgan fingerprint density at radius 3 is 2.41 bits per heavy atom. The number of benzene rings is 2. The molecular weight excluding hydrogens is 409 g/mol. The van der Waals surface area contributed by atoms with Crippen molar-refractivity contribution in [1.82, 2.24) is 5.01 Å². The van der Waals surface area contributed by atoms with Gasteiger partial charge in [-0.15, -0.1) is 0 Å². The van der Waals surface area contributed by atoms with E-state index in [2.05, 4.69) is 5.10 Å². The van der Waals surface area contributed by atoms with E-state index in [4.69, 9.17) is 34.8 Å². The summed E-state index contributed by atoms with van der Waals surface area (Å²) >= 11 is 18.0. The lowest BCUT2D eigenvalue weighted by molar-refractivity contribution is -0.135. The Morgan fingerprint density at radius 1 is 1.07 bits per heavy atom.